The number of halogens is 1. The van der Waals surface area contributed by atoms with Gasteiger partial charge in [-0.25, -0.2) is 0 Å². The first-order valence-electron chi connectivity index (χ1n) is 8.43. The molecule has 4 nitrogen and oxygen atoms in total. The molecule has 0 aromatic heterocycles. The SMILES string of the molecule is CN(C)Cc1ccccc1CNC(=O)[C@@H]1COc2ccc(Cl)cc2C1. The summed E-state index contributed by atoms with van der Waals surface area (Å²) in [5.41, 5.74) is 3.36. The molecule has 0 spiro atoms. The van der Waals surface area contributed by atoms with E-state index in [2.05, 4.69) is 22.3 Å². The third-order valence-electron chi connectivity index (χ3n) is 4.36. The highest BCUT2D eigenvalue weighted by Crippen LogP contribution is 2.29. The molecule has 1 N–H and O–H groups in total. The largest absolute Gasteiger partial charge is 0.492 e. The van der Waals surface area contributed by atoms with Crippen LogP contribution in [0.25, 0.3) is 0 Å². The maximum absolute atomic E-state index is 12.6. The molecule has 1 aliphatic rings. The molecule has 1 atom stereocenters. The van der Waals surface area contributed by atoms with Crippen molar-refractivity contribution in [3.8, 4) is 5.75 Å². The van der Waals surface area contributed by atoms with Gasteiger partial charge in [0.25, 0.3) is 0 Å². The summed E-state index contributed by atoms with van der Waals surface area (Å²) in [7, 11) is 4.08. The number of rotatable bonds is 5. The van der Waals surface area contributed by atoms with Crippen LogP contribution in [0.4, 0.5) is 0 Å². The van der Waals surface area contributed by atoms with Crippen LogP contribution >= 0.6 is 11.6 Å². The predicted molar refractivity (Wildman–Crippen MR) is 99.8 cm³/mol. The normalized spacial score (nSPS) is 16.2. The fraction of sp³-hybridized carbons (Fsp3) is 0.350. The van der Waals surface area contributed by atoms with E-state index in [9.17, 15) is 4.79 Å². The Hall–Kier alpha value is -2.04. The van der Waals surface area contributed by atoms with E-state index in [1.165, 1.54) is 5.56 Å². The Labute approximate surface area is 153 Å². The second-order valence-electron chi connectivity index (χ2n) is 6.69. The Morgan fingerprint density at radius 1 is 1.24 bits per heavy atom. The van der Waals surface area contributed by atoms with Gasteiger partial charge in [0.2, 0.25) is 5.91 Å². The van der Waals surface area contributed by atoms with E-state index >= 15 is 0 Å². The number of carbonyl (C=O) groups is 1. The number of ether oxygens (including phenoxy) is 1. The van der Waals surface area contributed by atoms with E-state index in [-0.39, 0.29) is 11.8 Å². The monoisotopic (exact) mass is 358 g/mol. The summed E-state index contributed by atoms with van der Waals surface area (Å²) in [5.74, 6) is 0.655. The van der Waals surface area contributed by atoms with Crippen molar-refractivity contribution in [1.29, 1.82) is 0 Å². The number of hydrogen-bond acceptors (Lipinski definition) is 3. The van der Waals surface area contributed by atoms with Gasteiger partial charge in [0.05, 0.1) is 5.92 Å². The van der Waals surface area contributed by atoms with Gasteiger partial charge >= 0.3 is 0 Å². The van der Waals surface area contributed by atoms with E-state index in [4.69, 9.17) is 16.3 Å². The quantitative estimate of drug-likeness (QED) is 0.891. The molecule has 0 saturated heterocycles. The van der Waals surface area contributed by atoms with Crippen LogP contribution in [-0.2, 0) is 24.3 Å². The smallest absolute Gasteiger partial charge is 0.227 e. The Morgan fingerprint density at radius 2 is 2.00 bits per heavy atom. The summed E-state index contributed by atoms with van der Waals surface area (Å²) in [4.78, 5) is 14.7. The number of nitrogens with one attached hydrogen (secondary N) is 1. The van der Waals surface area contributed by atoms with Crippen LogP contribution in [0.15, 0.2) is 42.5 Å². The van der Waals surface area contributed by atoms with Gasteiger partial charge in [-0.05, 0) is 55.4 Å². The second kappa shape index (κ2) is 7.89. The summed E-state index contributed by atoms with van der Waals surface area (Å²) >= 11 is 6.04. The van der Waals surface area contributed by atoms with E-state index in [0.717, 1.165) is 23.4 Å². The van der Waals surface area contributed by atoms with Gasteiger partial charge in [0, 0.05) is 18.1 Å². The molecule has 3 rings (SSSR count). The second-order valence-corrected chi connectivity index (χ2v) is 7.12. The van der Waals surface area contributed by atoms with Gasteiger partial charge in [0.15, 0.2) is 0 Å². The minimum absolute atomic E-state index is 0.0188. The average Bonchev–Trinajstić information content (AvgIpc) is 2.59. The van der Waals surface area contributed by atoms with Crippen LogP contribution in [0, 0.1) is 5.92 Å². The molecule has 2 aromatic rings. The summed E-state index contributed by atoms with van der Waals surface area (Å²) < 4.78 is 5.71. The summed E-state index contributed by atoms with van der Waals surface area (Å²) in [6.07, 6.45) is 0.654. The van der Waals surface area contributed by atoms with Crippen molar-refractivity contribution in [2.75, 3.05) is 20.7 Å². The molecule has 0 aliphatic carbocycles. The lowest BCUT2D eigenvalue weighted by atomic mass is 9.96. The number of carbonyl (C=O) groups excluding carboxylic acids is 1. The van der Waals surface area contributed by atoms with Crippen molar-refractivity contribution in [3.63, 3.8) is 0 Å². The van der Waals surface area contributed by atoms with Crippen molar-refractivity contribution in [2.45, 2.75) is 19.5 Å². The van der Waals surface area contributed by atoms with Crippen molar-refractivity contribution in [2.24, 2.45) is 5.92 Å². The van der Waals surface area contributed by atoms with Gasteiger partial charge in [-0.2, -0.15) is 0 Å². The van der Waals surface area contributed by atoms with Gasteiger partial charge < -0.3 is 15.0 Å². The highest BCUT2D eigenvalue weighted by Gasteiger charge is 2.26. The van der Waals surface area contributed by atoms with E-state index in [1.54, 1.807) is 0 Å². The first-order chi connectivity index (χ1) is 12.0. The van der Waals surface area contributed by atoms with Crippen LogP contribution in [0.3, 0.4) is 0 Å². The highest BCUT2D eigenvalue weighted by molar-refractivity contribution is 6.30. The molecule has 5 heteroatoms. The first kappa shape index (κ1) is 17.8. The molecule has 132 valence electrons. The standard InChI is InChI=1S/C20H23ClN2O2/c1-23(2)12-15-6-4-3-5-14(15)11-22-20(24)17-9-16-10-18(21)7-8-19(16)25-13-17/h3-8,10,17H,9,11-13H2,1-2H3,(H,22,24)/t17-/m0/s1. The Balaban J connectivity index is 1.62. The highest BCUT2D eigenvalue weighted by atomic mass is 35.5. The number of hydrogen-bond donors (Lipinski definition) is 1. The van der Waals surface area contributed by atoms with Crippen molar-refractivity contribution < 1.29 is 9.53 Å². The van der Waals surface area contributed by atoms with E-state index in [1.807, 2.05) is 44.4 Å². The average molecular weight is 359 g/mol. The zero-order chi connectivity index (χ0) is 17.8. The molecular formula is C20H23ClN2O2. The predicted octanol–water partition coefficient (Wildman–Crippen LogP) is 3.27. The number of nitrogens with zero attached hydrogens (tertiary/aromatic N) is 1. The molecule has 1 heterocycles. The molecule has 0 radical (unpaired) electrons. The van der Waals surface area contributed by atoms with Gasteiger partial charge in [-0.3, -0.25) is 4.79 Å². The molecular weight excluding hydrogens is 336 g/mol. The molecule has 1 aliphatic heterocycles. The lowest BCUT2D eigenvalue weighted by Crippen LogP contribution is -2.37. The summed E-state index contributed by atoms with van der Waals surface area (Å²) in [5, 5.41) is 3.72. The summed E-state index contributed by atoms with van der Waals surface area (Å²) in [6, 6.07) is 13.7. The third-order valence-corrected chi connectivity index (χ3v) is 4.59. The van der Waals surface area contributed by atoms with Crippen molar-refractivity contribution >= 4 is 17.5 Å². The maximum atomic E-state index is 12.6. The summed E-state index contributed by atoms with van der Waals surface area (Å²) in [6.45, 7) is 1.78. The topological polar surface area (TPSA) is 41.6 Å². The Kier molecular flexibility index (Phi) is 5.61. The number of fused-ring (bicyclic) bond motifs is 1. The lowest BCUT2D eigenvalue weighted by Gasteiger charge is -2.25. The van der Waals surface area contributed by atoms with E-state index < -0.39 is 0 Å². The van der Waals surface area contributed by atoms with Crippen LogP contribution in [0.2, 0.25) is 5.02 Å². The van der Waals surface area contributed by atoms with Gasteiger partial charge in [0.1, 0.15) is 12.4 Å². The molecule has 0 bridgehead atoms. The molecule has 0 fully saturated rings. The van der Waals surface area contributed by atoms with Crippen LogP contribution in [0.1, 0.15) is 16.7 Å². The van der Waals surface area contributed by atoms with Gasteiger partial charge in [-0.15, -0.1) is 0 Å². The van der Waals surface area contributed by atoms with E-state index in [0.29, 0.717) is 24.6 Å². The van der Waals surface area contributed by atoms with Crippen molar-refractivity contribution in [1.82, 2.24) is 10.2 Å². The first-order valence-corrected chi connectivity index (χ1v) is 8.81. The molecule has 0 unspecified atom stereocenters. The fourth-order valence-corrected chi connectivity index (χ4v) is 3.28. The zero-order valence-corrected chi connectivity index (χ0v) is 15.3. The van der Waals surface area contributed by atoms with Crippen LogP contribution in [-0.4, -0.2) is 31.5 Å². The molecule has 25 heavy (non-hydrogen) atoms. The zero-order valence-electron chi connectivity index (χ0n) is 14.6. The molecule has 2 aromatic carbocycles. The Bertz CT molecular complexity index is 761. The Morgan fingerprint density at radius 3 is 2.76 bits per heavy atom. The van der Waals surface area contributed by atoms with Crippen LogP contribution < -0.4 is 10.1 Å². The van der Waals surface area contributed by atoms with Gasteiger partial charge in [-0.1, -0.05) is 35.9 Å². The minimum atomic E-state index is -0.188. The number of amides is 1. The molecule has 0 saturated carbocycles. The molecule has 1 amide bonds. The fourth-order valence-electron chi connectivity index (χ4n) is 3.08. The van der Waals surface area contributed by atoms with Crippen LogP contribution in [0.5, 0.6) is 5.75 Å². The number of benzene rings is 2. The maximum Gasteiger partial charge on any atom is 0.227 e. The van der Waals surface area contributed by atoms with Crippen molar-refractivity contribution in [3.05, 3.63) is 64.2 Å². The third kappa shape index (κ3) is 4.53. The minimum Gasteiger partial charge on any atom is -0.492 e. The lowest BCUT2D eigenvalue weighted by molar-refractivity contribution is -0.126.